The van der Waals surface area contributed by atoms with Crippen LogP contribution < -0.4 is 4.74 Å². The zero-order valence-corrected chi connectivity index (χ0v) is 16.0. The van der Waals surface area contributed by atoms with Crippen LogP contribution in [-0.2, 0) is 11.2 Å². The lowest BCUT2D eigenvalue weighted by atomic mass is 9.92. The molecule has 1 aliphatic rings. The molecule has 0 aromatic heterocycles. The van der Waals surface area contributed by atoms with Gasteiger partial charge in [0.15, 0.2) is 0 Å². The van der Waals surface area contributed by atoms with Crippen LogP contribution in [0.25, 0.3) is 0 Å². The number of aliphatic hydroxyl groups excluding tert-OH is 3. The number of halogens is 1. The minimum absolute atomic E-state index is 0.266. The highest BCUT2D eigenvalue weighted by atomic mass is 35.5. The Bertz CT molecular complexity index is 749. The van der Waals surface area contributed by atoms with Gasteiger partial charge in [0.1, 0.15) is 18.0 Å². The van der Waals surface area contributed by atoms with Gasteiger partial charge in [-0.05, 0) is 48.2 Å². The summed E-state index contributed by atoms with van der Waals surface area (Å²) in [7, 11) is 0. The molecule has 3 N–H and O–H groups in total. The van der Waals surface area contributed by atoms with E-state index in [-0.39, 0.29) is 13.0 Å². The van der Waals surface area contributed by atoms with E-state index in [1.807, 2.05) is 49.4 Å². The van der Waals surface area contributed by atoms with Crippen molar-refractivity contribution >= 4 is 11.6 Å². The van der Waals surface area contributed by atoms with Crippen LogP contribution in [0.15, 0.2) is 42.5 Å². The summed E-state index contributed by atoms with van der Waals surface area (Å²) in [6.07, 6.45) is -2.31. The molecule has 5 nitrogen and oxygen atoms in total. The molecule has 146 valence electrons. The van der Waals surface area contributed by atoms with Gasteiger partial charge in [-0.1, -0.05) is 35.9 Å². The Labute approximate surface area is 164 Å². The number of hydrogen-bond acceptors (Lipinski definition) is 5. The van der Waals surface area contributed by atoms with E-state index in [1.165, 1.54) is 0 Å². The first kappa shape index (κ1) is 20.1. The van der Waals surface area contributed by atoms with Gasteiger partial charge in [0.05, 0.1) is 25.4 Å². The van der Waals surface area contributed by atoms with Gasteiger partial charge in [-0.3, -0.25) is 0 Å². The third-order valence-electron chi connectivity index (χ3n) is 4.82. The molecule has 1 saturated heterocycles. The van der Waals surface area contributed by atoms with Gasteiger partial charge in [0, 0.05) is 11.4 Å². The fourth-order valence-corrected chi connectivity index (χ4v) is 3.52. The molecule has 1 heterocycles. The molecule has 0 aliphatic carbocycles. The number of benzene rings is 2. The van der Waals surface area contributed by atoms with Crippen LogP contribution in [0, 0.1) is 0 Å². The van der Waals surface area contributed by atoms with Crippen LogP contribution in [0.2, 0.25) is 5.02 Å². The van der Waals surface area contributed by atoms with E-state index in [0.29, 0.717) is 18.1 Å². The predicted molar refractivity (Wildman–Crippen MR) is 103 cm³/mol. The zero-order valence-electron chi connectivity index (χ0n) is 15.2. The normalized spacial score (nSPS) is 25.4. The topological polar surface area (TPSA) is 79.2 Å². The van der Waals surface area contributed by atoms with Crippen LogP contribution in [-0.4, -0.2) is 46.8 Å². The zero-order chi connectivity index (χ0) is 19.4. The molecule has 0 spiro atoms. The third kappa shape index (κ3) is 4.81. The first-order valence-corrected chi connectivity index (χ1v) is 9.52. The summed E-state index contributed by atoms with van der Waals surface area (Å²) < 4.78 is 11.2. The molecule has 0 bridgehead atoms. The highest BCUT2D eigenvalue weighted by Gasteiger charge is 2.37. The molecular weight excluding hydrogens is 368 g/mol. The summed E-state index contributed by atoms with van der Waals surface area (Å²) in [5.41, 5.74) is 2.92. The molecule has 0 amide bonds. The highest BCUT2D eigenvalue weighted by Crippen LogP contribution is 2.34. The smallest absolute Gasteiger partial charge is 0.119 e. The Kier molecular flexibility index (Phi) is 6.73. The van der Waals surface area contributed by atoms with Crippen molar-refractivity contribution in [2.45, 2.75) is 44.2 Å². The second kappa shape index (κ2) is 9.04. The summed E-state index contributed by atoms with van der Waals surface area (Å²) in [5.74, 6) is 0.833. The summed E-state index contributed by atoms with van der Waals surface area (Å²) >= 11 is 6.38. The fourth-order valence-electron chi connectivity index (χ4n) is 3.34. The van der Waals surface area contributed by atoms with Gasteiger partial charge < -0.3 is 24.8 Å². The lowest BCUT2D eigenvalue weighted by molar-refractivity contribution is -0.181. The lowest BCUT2D eigenvalue weighted by Crippen LogP contribution is -2.47. The highest BCUT2D eigenvalue weighted by molar-refractivity contribution is 6.31. The quantitative estimate of drug-likeness (QED) is 0.704. The molecule has 2 aromatic carbocycles. The molecule has 1 fully saturated rings. The van der Waals surface area contributed by atoms with Gasteiger partial charge in [0.2, 0.25) is 0 Å². The van der Waals surface area contributed by atoms with Crippen molar-refractivity contribution in [1.82, 2.24) is 0 Å². The molecule has 6 heteroatoms. The van der Waals surface area contributed by atoms with Crippen LogP contribution in [0.3, 0.4) is 0 Å². The van der Waals surface area contributed by atoms with Crippen LogP contribution >= 0.6 is 11.6 Å². The molecular formula is C21H25ClO5. The average Bonchev–Trinajstić information content (AvgIpc) is 2.67. The monoisotopic (exact) mass is 392 g/mol. The van der Waals surface area contributed by atoms with Crippen molar-refractivity contribution in [3.63, 3.8) is 0 Å². The van der Waals surface area contributed by atoms with Gasteiger partial charge in [0.25, 0.3) is 0 Å². The van der Waals surface area contributed by atoms with Crippen molar-refractivity contribution in [2.75, 3.05) is 13.2 Å². The van der Waals surface area contributed by atoms with E-state index < -0.39 is 24.4 Å². The number of ether oxygens (including phenoxy) is 2. The second-order valence-corrected chi connectivity index (χ2v) is 7.15. The van der Waals surface area contributed by atoms with Gasteiger partial charge in [-0.15, -0.1) is 0 Å². The van der Waals surface area contributed by atoms with Gasteiger partial charge in [-0.2, -0.15) is 0 Å². The first-order chi connectivity index (χ1) is 13.0. The van der Waals surface area contributed by atoms with Gasteiger partial charge >= 0.3 is 0 Å². The molecule has 0 radical (unpaired) electrons. The SMILES string of the molecule is CCOc1ccc(Cc2cc([C@H]3CC(O)[C@H](O)C(CO)O3)ccc2Cl)cc1. The van der Waals surface area contributed by atoms with E-state index in [2.05, 4.69) is 0 Å². The second-order valence-electron chi connectivity index (χ2n) is 6.74. The number of hydrogen-bond donors (Lipinski definition) is 3. The van der Waals surface area contributed by atoms with E-state index in [9.17, 15) is 15.3 Å². The molecule has 2 aromatic rings. The summed E-state index contributed by atoms with van der Waals surface area (Å²) in [6.45, 7) is 2.23. The van der Waals surface area contributed by atoms with Gasteiger partial charge in [-0.25, -0.2) is 0 Å². The predicted octanol–water partition coefficient (Wildman–Crippen LogP) is 2.87. The Hall–Kier alpha value is -1.63. The molecule has 27 heavy (non-hydrogen) atoms. The standard InChI is InChI=1S/C21H25ClO5/c1-2-26-16-6-3-13(4-7-16)9-15-10-14(5-8-17(15)22)19-11-18(24)21(25)20(12-23)27-19/h3-8,10,18-21,23-25H,2,9,11-12H2,1H3/t18?,19-,20?,21+/m1/s1. The Balaban J connectivity index is 1.78. The molecule has 4 atom stereocenters. The maximum atomic E-state index is 10.1. The lowest BCUT2D eigenvalue weighted by Gasteiger charge is -2.36. The molecule has 0 saturated carbocycles. The van der Waals surface area contributed by atoms with Crippen molar-refractivity contribution in [1.29, 1.82) is 0 Å². The van der Waals surface area contributed by atoms with Crippen LogP contribution in [0.4, 0.5) is 0 Å². The van der Waals surface area contributed by atoms with E-state index in [0.717, 1.165) is 22.4 Å². The van der Waals surface area contributed by atoms with Crippen molar-refractivity contribution in [3.05, 3.63) is 64.2 Å². The summed E-state index contributed by atoms with van der Waals surface area (Å²) in [4.78, 5) is 0. The summed E-state index contributed by atoms with van der Waals surface area (Å²) in [6, 6.07) is 13.5. The van der Waals surface area contributed by atoms with Crippen molar-refractivity contribution < 1.29 is 24.8 Å². The fraction of sp³-hybridized carbons (Fsp3) is 0.429. The van der Waals surface area contributed by atoms with E-state index in [4.69, 9.17) is 21.1 Å². The third-order valence-corrected chi connectivity index (χ3v) is 5.19. The molecule has 1 aliphatic heterocycles. The van der Waals surface area contributed by atoms with E-state index >= 15 is 0 Å². The number of aliphatic hydroxyl groups is 3. The maximum Gasteiger partial charge on any atom is 0.119 e. The first-order valence-electron chi connectivity index (χ1n) is 9.14. The van der Waals surface area contributed by atoms with E-state index in [1.54, 1.807) is 0 Å². The van der Waals surface area contributed by atoms with Crippen molar-refractivity contribution in [2.24, 2.45) is 0 Å². The Morgan fingerprint density at radius 3 is 2.56 bits per heavy atom. The Morgan fingerprint density at radius 1 is 1.15 bits per heavy atom. The largest absolute Gasteiger partial charge is 0.494 e. The molecule has 2 unspecified atom stereocenters. The minimum atomic E-state index is -1.08. The van der Waals surface area contributed by atoms with Crippen LogP contribution in [0.1, 0.15) is 36.1 Å². The maximum absolute atomic E-state index is 10.1. The summed E-state index contributed by atoms with van der Waals surface area (Å²) in [5, 5.41) is 30.0. The van der Waals surface area contributed by atoms with Crippen molar-refractivity contribution in [3.8, 4) is 5.75 Å². The van der Waals surface area contributed by atoms with Crippen LogP contribution in [0.5, 0.6) is 5.75 Å². The average molecular weight is 393 g/mol. The molecule has 3 rings (SSSR count). The Morgan fingerprint density at radius 2 is 1.89 bits per heavy atom. The minimum Gasteiger partial charge on any atom is -0.494 e. The number of rotatable bonds is 6.